The van der Waals surface area contributed by atoms with Crippen molar-refractivity contribution in [2.75, 3.05) is 30.4 Å². The first-order valence-corrected chi connectivity index (χ1v) is 9.62. The van der Waals surface area contributed by atoms with Crippen molar-refractivity contribution >= 4 is 11.5 Å². The lowest BCUT2D eigenvalue weighted by molar-refractivity contribution is 0.438. The minimum atomic E-state index is -0.291. The number of pyridine rings is 1. The van der Waals surface area contributed by atoms with Crippen LogP contribution in [0.1, 0.15) is 17.7 Å². The van der Waals surface area contributed by atoms with Crippen molar-refractivity contribution in [1.29, 1.82) is 0 Å². The fraction of sp³-hybridized carbons (Fsp3) is 0.286. The van der Waals surface area contributed by atoms with Crippen LogP contribution in [-0.4, -0.2) is 41.1 Å². The van der Waals surface area contributed by atoms with E-state index in [9.17, 15) is 4.39 Å². The molecule has 7 nitrogen and oxygen atoms in total. The lowest BCUT2D eigenvalue weighted by Gasteiger charge is -2.21. The molecule has 1 aliphatic carbocycles. The van der Waals surface area contributed by atoms with Gasteiger partial charge in [-0.1, -0.05) is 0 Å². The molecule has 29 heavy (non-hydrogen) atoms. The summed E-state index contributed by atoms with van der Waals surface area (Å²) in [5.41, 5.74) is 10.4. The number of anilines is 2. The van der Waals surface area contributed by atoms with Crippen LogP contribution >= 0.6 is 0 Å². The zero-order valence-corrected chi connectivity index (χ0v) is 16.0. The first kappa shape index (κ1) is 17.8. The van der Waals surface area contributed by atoms with Gasteiger partial charge in [0.1, 0.15) is 17.4 Å². The minimum Gasteiger partial charge on any atom is -0.423 e. The lowest BCUT2D eigenvalue weighted by Crippen LogP contribution is -2.27. The molecular formula is C21H21FN6O. The van der Waals surface area contributed by atoms with Crippen LogP contribution in [0, 0.1) is 5.82 Å². The van der Waals surface area contributed by atoms with E-state index in [1.165, 1.54) is 6.07 Å². The van der Waals surface area contributed by atoms with Gasteiger partial charge in [-0.25, -0.2) is 4.39 Å². The maximum Gasteiger partial charge on any atom is 0.324 e. The largest absolute Gasteiger partial charge is 0.423 e. The fourth-order valence-electron chi connectivity index (χ4n) is 4.08. The molecule has 3 heterocycles. The van der Waals surface area contributed by atoms with E-state index in [0.29, 0.717) is 18.7 Å². The van der Waals surface area contributed by atoms with Crippen molar-refractivity contribution in [3.63, 3.8) is 0 Å². The molecular weight excluding hydrogens is 371 g/mol. The summed E-state index contributed by atoms with van der Waals surface area (Å²) in [6.45, 7) is 1.49. The minimum absolute atomic E-state index is 0.0876. The van der Waals surface area contributed by atoms with Gasteiger partial charge in [0.15, 0.2) is 0 Å². The Bertz CT molecular complexity index is 1070. The van der Waals surface area contributed by atoms with Crippen LogP contribution in [0.2, 0.25) is 0 Å². The van der Waals surface area contributed by atoms with Crippen molar-refractivity contribution in [3.8, 4) is 22.9 Å². The van der Waals surface area contributed by atoms with E-state index < -0.39 is 0 Å². The maximum absolute atomic E-state index is 14.3. The molecule has 1 atom stereocenters. The number of halogens is 1. The summed E-state index contributed by atoms with van der Waals surface area (Å²) in [5.74, 6) is 1.02. The standard InChI is InChI=1S/C21H21FN6O/c1-24-17-8-12(22)7-16-15(17)9-18-19(16)20(28-6-4-13(23)11-28)27-21(26-18)29-14-3-2-5-25-10-14/h2-3,5,7-8,10,13,24H,4,6,9,11,23H2,1H3. The van der Waals surface area contributed by atoms with Crippen LogP contribution < -0.4 is 20.7 Å². The number of nitrogens with one attached hydrogen (secondary N) is 1. The number of aromatic nitrogens is 3. The number of nitrogens with two attached hydrogens (primary N) is 1. The van der Waals surface area contributed by atoms with E-state index in [1.807, 2.05) is 0 Å². The average Bonchev–Trinajstić information content (AvgIpc) is 3.31. The predicted octanol–water partition coefficient (Wildman–Crippen LogP) is 2.95. The Morgan fingerprint density at radius 1 is 1.31 bits per heavy atom. The lowest BCUT2D eigenvalue weighted by atomic mass is 10.0. The second kappa shape index (κ2) is 6.97. The smallest absolute Gasteiger partial charge is 0.324 e. The third kappa shape index (κ3) is 3.15. The Morgan fingerprint density at radius 2 is 2.21 bits per heavy atom. The molecule has 2 aromatic heterocycles. The highest BCUT2D eigenvalue weighted by Gasteiger charge is 2.32. The number of hydrogen-bond donors (Lipinski definition) is 2. The number of fused-ring (bicyclic) bond motifs is 3. The number of benzene rings is 1. The highest BCUT2D eigenvalue weighted by molar-refractivity contribution is 5.88. The van der Waals surface area contributed by atoms with Gasteiger partial charge in [0.05, 0.1) is 11.9 Å². The highest BCUT2D eigenvalue weighted by atomic mass is 19.1. The van der Waals surface area contributed by atoms with Gasteiger partial charge in [-0.15, -0.1) is 0 Å². The molecule has 1 fully saturated rings. The fourth-order valence-corrected chi connectivity index (χ4v) is 4.08. The van der Waals surface area contributed by atoms with Gasteiger partial charge >= 0.3 is 6.01 Å². The summed E-state index contributed by atoms with van der Waals surface area (Å²) >= 11 is 0. The highest BCUT2D eigenvalue weighted by Crippen LogP contribution is 2.45. The van der Waals surface area contributed by atoms with Gasteiger partial charge in [0, 0.05) is 50.0 Å². The molecule has 1 aromatic carbocycles. The molecule has 0 radical (unpaired) electrons. The zero-order valence-electron chi connectivity index (χ0n) is 16.0. The van der Waals surface area contributed by atoms with Gasteiger partial charge in [-0.2, -0.15) is 9.97 Å². The summed E-state index contributed by atoms with van der Waals surface area (Å²) in [5, 5.41) is 3.09. The summed E-state index contributed by atoms with van der Waals surface area (Å²) in [6, 6.07) is 7.01. The van der Waals surface area contributed by atoms with Crippen molar-refractivity contribution in [3.05, 3.63) is 53.7 Å². The molecule has 0 bridgehead atoms. The normalized spacial score (nSPS) is 17.2. The number of ether oxygens (including phenoxy) is 1. The molecule has 0 amide bonds. The number of hydrogen-bond acceptors (Lipinski definition) is 7. The van der Waals surface area contributed by atoms with E-state index in [4.69, 9.17) is 15.5 Å². The van der Waals surface area contributed by atoms with E-state index in [-0.39, 0.29) is 17.9 Å². The molecule has 0 saturated carbocycles. The Hall–Kier alpha value is -3.26. The molecule has 3 aromatic rings. The van der Waals surface area contributed by atoms with E-state index in [2.05, 4.69) is 20.2 Å². The molecule has 8 heteroatoms. The molecule has 0 spiro atoms. The summed E-state index contributed by atoms with van der Waals surface area (Å²) in [4.78, 5) is 15.6. The van der Waals surface area contributed by atoms with Crippen molar-refractivity contribution < 1.29 is 9.13 Å². The van der Waals surface area contributed by atoms with Crippen molar-refractivity contribution in [1.82, 2.24) is 15.0 Å². The van der Waals surface area contributed by atoms with Crippen LogP contribution in [0.3, 0.4) is 0 Å². The summed E-state index contributed by atoms with van der Waals surface area (Å²) in [6.07, 6.45) is 4.76. The van der Waals surface area contributed by atoms with Crippen LogP contribution in [-0.2, 0) is 6.42 Å². The zero-order chi connectivity index (χ0) is 20.0. The van der Waals surface area contributed by atoms with E-state index in [1.54, 1.807) is 37.6 Å². The third-order valence-electron chi connectivity index (χ3n) is 5.41. The number of nitrogens with zero attached hydrogens (tertiary/aromatic N) is 4. The van der Waals surface area contributed by atoms with Gasteiger partial charge in [-0.3, -0.25) is 4.98 Å². The van der Waals surface area contributed by atoms with E-state index >= 15 is 0 Å². The predicted molar refractivity (Wildman–Crippen MR) is 109 cm³/mol. The van der Waals surface area contributed by atoms with Crippen LogP contribution in [0.5, 0.6) is 11.8 Å². The van der Waals surface area contributed by atoms with Gasteiger partial charge in [0.2, 0.25) is 0 Å². The molecule has 1 aliphatic heterocycles. The first-order valence-electron chi connectivity index (χ1n) is 9.62. The Morgan fingerprint density at radius 3 is 2.93 bits per heavy atom. The SMILES string of the molecule is CNc1cc(F)cc2c1Cc1nc(Oc3cccnc3)nc(N3CCC(N)C3)c1-2. The Kier molecular flexibility index (Phi) is 4.28. The van der Waals surface area contributed by atoms with Crippen LogP contribution in [0.4, 0.5) is 15.9 Å². The monoisotopic (exact) mass is 392 g/mol. The molecule has 2 aliphatic rings. The average molecular weight is 392 g/mol. The summed E-state index contributed by atoms with van der Waals surface area (Å²) in [7, 11) is 1.79. The summed E-state index contributed by atoms with van der Waals surface area (Å²) < 4.78 is 20.2. The maximum atomic E-state index is 14.3. The van der Waals surface area contributed by atoms with Gasteiger partial charge < -0.3 is 20.7 Å². The van der Waals surface area contributed by atoms with Crippen molar-refractivity contribution in [2.24, 2.45) is 5.73 Å². The Labute approximate surface area is 167 Å². The third-order valence-corrected chi connectivity index (χ3v) is 5.41. The molecule has 3 N–H and O–H groups in total. The quantitative estimate of drug-likeness (QED) is 0.552. The molecule has 148 valence electrons. The van der Waals surface area contributed by atoms with Gasteiger partial charge in [0.25, 0.3) is 0 Å². The molecule has 1 unspecified atom stereocenters. The molecule has 1 saturated heterocycles. The topological polar surface area (TPSA) is 89.2 Å². The second-order valence-corrected chi connectivity index (χ2v) is 7.34. The van der Waals surface area contributed by atoms with Crippen molar-refractivity contribution in [2.45, 2.75) is 18.9 Å². The first-order chi connectivity index (χ1) is 14.1. The second-order valence-electron chi connectivity index (χ2n) is 7.34. The van der Waals surface area contributed by atoms with Crippen LogP contribution in [0.15, 0.2) is 36.7 Å². The number of rotatable bonds is 4. The van der Waals surface area contributed by atoms with Crippen LogP contribution in [0.25, 0.3) is 11.1 Å². The molecule has 5 rings (SSSR count). The van der Waals surface area contributed by atoms with E-state index in [0.717, 1.165) is 46.9 Å². The van der Waals surface area contributed by atoms with Gasteiger partial charge in [-0.05, 0) is 41.8 Å². The Balaban J connectivity index is 1.65.